The maximum atomic E-state index is 14.7. The molecule has 12 heteroatoms. The van der Waals surface area contributed by atoms with Gasteiger partial charge in [0.15, 0.2) is 0 Å². The summed E-state index contributed by atoms with van der Waals surface area (Å²) in [6, 6.07) is 12.2. The van der Waals surface area contributed by atoms with Crippen molar-refractivity contribution in [2.45, 2.75) is 38.5 Å². The third-order valence-electron chi connectivity index (χ3n) is 8.26. The zero-order valence-electron chi connectivity index (χ0n) is 26.0. The molecule has 0 N–H and O–H groups in total. The lowest BCUT2D eigenvalue weighted by atomic mass is 9.85. The van der Waals surface area contributed by atoms with E-state index < -0.39 is 15.9 Å². The number of amides is 2. The molecular weight excluding hydrogens is 635 g/mol. The third kappa shape index (κ3) is 8.03. The Morgan fingerprint density at radius 1 is 1.07 bits per heavy atom. The second kappa shape index (κ2) is 14.2. The number of benzene rings is 2. The van der Waals surface area contributed by atoms with Crippen LogP contribution in [0.4, 0.5) is 4.79 Å². The van der Waals surface area contributed by atoms with E-state index in [2.05, 4.69) is 11.0 Å². The Bertz CT molecular complexity index is 1580. The highest BCUT2D eigenvalue weighted by molar-refractivity contribution is 7.90. The Kier molecular flexibility index (Phi) is 10.5. The van der Waals surface area contributed by atoms with Gasteiger partial charge in [-0.05, 0) is 56.2 Å². The molecule has 1 aliphatic carbocycles. The molecule has 2 amide bonds. The van der Waals surface area contributed by atoms with Crippen LogP contribution in [0.2, 0.25) is 5.02 Å². The van der Waals surface area contributed by atoms with Crippen LogP contribution >= 0.6 is 23.2 Å². The first kappa shape index (κ1) is 33.3. The van der Waals surface area contributed by atoms with E-state index in [1.54, 1.807) is 7.11 Å². The number of aliphatic imine (C=N–C) groups is 1. The SMILES string of the molecule is COc1ccc(C2=N[C@@H](C3C=CC(Cl)=CC3)[C@@H](c3ccc(Cl)cc3)N2C(=O)N2CCN(CCS(C)(=O)=O)CC2)c(OC(C)C)c1. The van der Waals surface area contributed by atoms with Crippen molar-refractivity contribution in [3.05, 3.63) is 81.9 Å². The number of piperazine rings is 1. The van der Waals surface area contributed by atoms with Crippen LogP contribution in [0.5, 0.6) is 11.5 Å². The fourth-order valence-electron chi connectivity index (χ4n) is 5.94. The summed E-state index contributed by atoms with van der Waals surface area (Å²) in [4.78, 5) is 25.8. The summed E-state index contributed by atoms with van der Waals surface area (Å²) in [6.07, 6.45) is 7.76. The number of carbonyl (C=O) groups excluding carboxylic acids is 1. The Morgan fingerprint density at radius 2 is 1.78 bits per heavy atom. The van der Waals surface area contributed by atoms with Crippen LogP contribution in [0.25, 0.3) is 0 Å². The van der Waals surface area contributed by atoms with Crippen LogP contribution in [0.3, 0.4) is 0 Å². The first-order chi connectivity index (χ1) is 21.4. The lowest BCUT2D eigenvalue weighted by Crippen LogP contribution is -2.55. The minimum Gasteiger partial charge on any atom is -0.497 e. The Morgan fingerprint density at radius 3 is 2.38 bits per heavy atom. The number of sulfone groups is 1. The molecule has 2 aliphatic heterocycles. The van der Waals surface area contributed by atoms with E-state index in [-0.39, 0.29) is 29.8 Å². The first-order valence-electron chi connectivity index (χ1n) is 15.1. The molecule has 1 saturated heterocycles. The molecule has 2 aromatic rings. The molecular formula is C33H40Cl2N4O5S. The van der Waals surface area contributed by atoms with Gasteiger partial charge in [0, 0.05) is 61.0 Å². The molecule has 5 rings (SSSR count). The van der Waals surface area contributed by atoms with Crippen LogP contribution in [-0.2, 0) is 9.84 Å². The van der Waals surface area contributed by atoms with Gasteiger partial charge in [0.05, 0.1) is 36.6 Å². The molecule has 1 unspecified atom stereocenters. The van der Waals surface area contributed by atoms with Gasteiger partial charge in [0.2, 0.25) is 0 Å². The van der Waals surface area contributed by atoms with Crippen LogP contribution in [0, 0.1) is 5.92 Å². The lowest BCUT2D eigenvalue weighted by Gasteiger charge is -2.39. The van der Waals surface area contributed by atoms with E-state index in [4.69, 9.17) is 37.7 Å². The van der Waals surface area contributed by atoms with E-state index in [9.17, 15) is 13.2 Å². The topological polar surface area (TPSA) is 91.8 Å². The summed E-state index contributed by atoms with van der Waals surface area (Å²) < 4.78 is 35.3. The molecule has 3 atom stereocenters. The maximum Gasteiger partial charge on any atom is 0.326 e. The van der Waals surface area contributed by atoms with Crippen molar-refractivity contribution >= 4 is 44.9 Å². The number of nitrogens with zero attached hydrogens (tertiary/aromatic N) is 4. The van der Waals surface area contributed by atoms with Gasteiger partial charge in [-0.1, -0.05) is 47.5 Å². The average molecular weight is 676 g/mol. The molecule has 0 bridgehead atoms. The molecule has 9 nitrogen and oxygen atoms in total. The number of ether oxygens (including phenoxy) is 2. The van der Waals surface area contributed by atoms with Gasteiger partial charge in [-0.2, -0.15) is 0 Å². The minimum absolute atomic E-state index is 0.0125. The Labute approximate surface area is 276 Å². The molecule has 0 aromatic heterocycles. The summed E-state index contributed by atoms with van der Waals surface area (Å²) in [5.41, 5.74) is 1.61. The molecule has 2 aromatic carbocycles. The van der Waals surface area contributed by atoms with Crippen molar-refractivity contribution in [2.24, 2.45) is 10.9 Å². The van der Waals surface area contributed by atoms with Gasteiger partial charge in [0.1, 0.15) is 27.2 Å². The van der Waals surface area contributed by atoms with E-state index in [1.165, 1.54) is 6.26 Å². The summed E-state index contributed by atoms with van der Waals surface area (Å²) in [5, 5.41) is 1.29. The van der Waals surface area contributed by atoms with Crippen molar-refractivity contribution in [3.63, 3.8) is 0 Å². The second-order valence-electron chi connectivity index (χ2n) is 11.9. The van der Waals surface area contributed by atoms with Gasteiger partial charge in [-0.25, -0.2) is 13.2 Å². The molecule has 0 spiro atoms. The van der Waals surface area contributed by atoms with Gasteiger partial charge < -0.3 is 14.4 Å². The Balaban J connectivity index is 1.56. The fraction of sp³-hybridized carbons (Fsp3) is 0.455. The summed E-state index contributed by atoms with van der Waals surface area (Å²) >= 11 is 12.6. The van der Waals surface area contributed by atoms with Gasteiger partial charge in [-0.3, -0.25) is 14.8 Å². The van der Waals surface area contributed by atoms with Crippen molar-refractivity contribution in [1.82, 2.24) is 14.7 Å². The summed E-state index contributed by atoms with van der Waals surface area (Å²) in [7, 11) is -1.47. The zero-order chi connectivity index (χ0) is 32.3. The predicted molar refractivity (Wildman–Crippen MR) is 179 cm³/mol. The van der Waals surface area contributed by atoms with E-state index in [1.807, 2.05) is 78.3 Å². The number of carbonyl (C=O) groups is 1. The largest absolute Gasteiger partial charge is 0.497 e. The van der Waals surface area contributed by atoms with Crippen molar-refractivity contribution in [1.29, 1.82) is 0 Å². The Hall–Kier alpha value is -3.05. The predicted octanol–water partition coefficient (Wildman–Crippen LogP) is 5.79. The maximum absolute atomic E-state index is 14.7. The number of amidine groups is 1. The molecule has 0 saturated carbocycles. The highest BCUT2D eigenvalue weighted by Gasteiger charge is 2.46. The zero-order valence-corrected chi connectivity index (χ0v) is 28.4. The molecule has 2 heterocycles. The second-order valence-corrected chi connectivity index (χ2v) is 15.1. The van der Waals surface area contributed by atoms with Crippen LogP contribution in [0.15, 0.2) is 70.7 Å². The monoisotopic (exact) mass is 674 g/mol. The number of allylic oxidation sites excluding steroid dienone is 3. The van der Waals surface area contributed by atoms with Crippen molar-refractivity contribution in [3.8, 4) is 11.5 Å². The summed E-state index contributed by atoms with van der Waals surface area (Å²) in [6.45, 7) is 6.43. The minimum atomic E-state index is -3.08. The van der Waals surface area contributed by atoms with Gasteiger partial charge in [0.25, 0.3) is 0 Å². The van der Waals surface area contributed by atoms with E-state index in [0.717, 1.165) is 5.56 Å². The quantitative estimate of drug-likeness (QED) is 0.335. The van der Waals surface area contributed by atoms with Crippen LogP contribution < -0.4 is 9.47 Å². The molecule has 3 aliphatic rings. The number of methoxy groups -OCH3 is 1. The normalized spacial score (nSPS) is 22.4. The molecule has 45 heavy (non-hydrogen) atoms. The molecule has 1 fully saturated rings. The number of hydrogen-bond donors (Lipinski definition) is 0. The number of rotatable bonds is 9. The lowest BCUT2D eigenvalue weighted by molar-refractivity contribution is 0.121. The van der Waals surface area contributed by atoms with E-state index in [0.29, 0.717) is 72.1 Å². The number of halogens is 2. The standard InChI is InChI=1S/C33H40Cl2N4O5S/c1-22(2)44-29-21-27(43-3)13-14-28(29)32-36-30(23-5-9-25(34)10-6-23)31(24-7-11-26(35)12-8-24)39(32)33(40)38-17-15-37(16-18-38)19-20-45(4,41)42/h5,7-14,21-23,30-31H,6,15-20H2,1-4H3/t23?,30-,31+/m0/s1. The van der Waals surface area contributed by atoms with Crippen LogP contribution in [-0.4, -0.2) is 99.0 Å². The average Bonchev–Trinajstić information content (AvgIpc) is 3.40. The van der Waals surface area contributed by atoms with Gasteiger partial charge in [-0.15, -0.1) is 0 Å². The van der Waals surface area contributed by atoms with E-state index >= 15 is 0 Å². The molecule has 0 radical (unpaired) electrons. The fourth-order valence-corrected chi connectivity index (χ4v) is 6.82. The van der Waals surface area contributed by atoms with Crippen LogP contribution in [0.1, 0.15) is 37.4 Å². The third-order valence-corrected chi connectivity index (χ3v) is 9.72. The van der Waals surface area contributed by atoms with Crippen molar-refractivity contribution in [2.75, 3.05) is 51.8 Å². The number of urea groups is 1. The number of hydrogen-bond acceptors (Lipinski definition) is 7. The first-order valence-corrected chi connectivity index (χ1v) is 18.0. The van der Waals surface area contributed by atoms with Gasteiger partial charge >= 0.3 is 6.03 Å². The highest BCUT2D eigenvalue weighted by atomic mass is 35.5. The smallest absolute Gasteiger partial charge is 0.326 e. The molecule has 242 valence electrons. The summed E-state index contributed by atoms with van der Waals surface area (Å²) in [5.74, 6) is 1.81. The van der Waals surface area contributed by atoms with Crippen molar-refractivity contribution < 1.29 is 22.7 Å². The highest BCUT2D eigenvalue weighted by Crippen LogP contribution is 2.43.